The standard InChI is InChI=1S/C20H16N4OS/c1-11-9-22-18-17-13-4-5-14(12-3-2-8-21-10-12)24-15(13)6-7-16(17)26-19(18)20(25)23-11/h2-8,10-11,22H,9H2,1H3,(H,23,25)/t11-/m1/s1. The largest absolute Gasteiger partial charge is 0.381 e. The SMILES string of the molecule is C[C@@H]1CNc2c(sc3ccc4nc(-c5cccnc5)ccc4c23)C(=O)N1. The second-order valence-electron chi connectivity index (χ2n) is 6.51. The van der Waals surface area contributed by atoms with Gasteiger partial charge in [0.1, 0.15) is 4.88 Å². The maximum absolute atomic E-state index is 12.5. The van der Waals surface area contributed by atoms with Gasteiger partial charge < -0.3 is 10.6 Å². The third-order valence-electron chi connectivity index (χ3n) is 4.65. The van der Waals surface area contributed by atoms with E-state index in [1.165, 1.54) is 11.3 Å². The number of nitrogens with zero attached hydrogens (tertiary/aromatic N) is 2. The van der Waals surface area contributed by atoms with Gasteiger partial charge in [0.2, 0.25) is 0 Å². The Balaban J connectivity index is 1.74. The number of fused-ring (bicyclic) bond motifs is 5. The second kappa shape index (κ2) is 5.78. The number of pyridine rings is 2. The maximum atomic E-state index is 12.5. The minimum absolute atomic E-state index is 0.00760. The van der Waals surface area contributed by atoms with Crippen LogP contribution in [0.25, 0.3) is 32.2 Å². The Kier molecular flexibility index (Phi) is 3.39. The summed E-state index contributed by atoms with van der Waals surface area (Å²) in [6.45, 7) is 2.71. The van der Waals surface area contributed by atoms with Crippen LogP contribution < -0.4 is 10.6 Å². The van der Waals surface area contributed by atoms with E-state index in [-0.39, 0.29) is 11.9 Å². The van der Waals surface area contributed by atoms with Gasteiger partial charge in [-0.25, -0.2) is 4.98 Å². The number of nitrogens with one attached hydrogen (secondary N) is 2. The van der Waals surface area contributed by atoms with Crippen LogP contribution in [0.15, 0.2) is 48.8 Å². The molecule has 3 aromatic heterocycles. The molecule has 0 aliphatic carbocycles. The highest BCUT2D eigenvalue weighted by molar-refractivity contribution is 7.21. The third-order valence-corrected chi connectivity index (χ3v) is 5.80. The second-order valence-corrected chi connectivity index (χ2v) is 7.56. The summed E-state index contributed by atoms with van der Waals surface area (Å²) >= 11 is 1.53. The van der Waals surface area contributed by atoms with E-state index < -0.39 is 0 Å². The number of anilines is 1. The first kappa shape index (κ1) is 15.3. The van der Waals surface area contributed by atoms with Gasteiger partial charge in [-0.05, 0) is 43.3 Å². The number of carbonyl (C=O) groups excluding carboxylic acids is 1. The number of amides is 1. The molecule has 2 N–H and O–H groups in total. The Hall–Kier alpha value is -2.99. The van der Waals surface area contributed by atoms with E-state index in [0.29, 0.717) is 6.54 Å². The van der Waals surface area contributed by atoms with E-state index in [4.69, 9.17) is 4.98 Å². The molecule has 0 bridgehead atoms. The van der Waals surface area contributed by atoms with Crippen LogP contribution >= 0.6 is 11.3 Å². The highest BCUT2D eigenvalue weighted by Crippen LogP contribution is 2.41. The summed E-state index contributed by atoms with van der Waals surface area (Å²) in [5, 5.41) is 8.62. The van der Waals surface area contributed by atoms with Crippen molar-refractivity contribution in [3.05, 3.63) is 53.7 Å². The zero-order valence-electron chi connectivity index (χ0n) is 14.1. The average Bonchev–Trinajstić information content (AvgIpc) is 2.99. The molecule has 5 nitrogen and oxygen atoms in total. The van der Waals surface area contributed by atoms with E-state index in [1.807, 2.05) is 37.4 Å². The fourth-order valence-electron chi connectivity index (χ4n) is 3.40. The highest BCUT2D eigenvalue weighted by atomic mass is 32.1. The number of thiophene rings is 1. The summed E-state index contributed by atoms with van der Waals surface area (Å²) in [4.78, 5) is 22.2. The quantitative estimate of drug-likeness (QED) is 0.537. The first-order chi connectivity index (χ1) is 12.7. The fourth-order valence-corrected chi connectivity index (χ4v) is 4.50. The molecule has 1 aromatic carbocycles. The van der Waals surface area contributed by atoms with Crippen molar-refractivity contribution in [1.29, 1.82) is 0 Å². The molecule has 26 heavy (non-hydrogen) atoms. The lowest BCUT2D eigenvalue weighted by atomic mass is 10.1. The van der Waals surface area contributed by atoms with Crippen molar-refractivity contribution in [3.63, 3.8) is 0 Å². The predicted octanol–water partition coefficient (Wildman–Crippen LogP) is 4.06. The lowest BCUT2D eigenvalue weighted by Gasteiger charge is -2.10. The molecule has 6 heteroatoms. The van der Waals surface area contributed by atoms with Crippen LogP contribution in [0.4, 0.5) is 5.69 Å². The van der Waals surface area contributed by atoms with Crippen molar-refractivity contribution in [2.24, 2.45) is 0 Å². The van der Waals surface area contributed by atoms with Crippen molar-refractivity contribution >= 4 is 43.9 Å². The molecule has 1 atom stereocenters. The zero-order chi connectivity index (χ0) is 17.7. The number of aromatic nitrogens is 2. The van der Waals surface area contributed by atoms with Gasteiger partial charge in [-0.3, -0.25) is 9.78 Å². The van der Waals surface area contributed by atoms with Gasteiger partial charge in [-0.2, -0.15) is 0 Å². The fraction of sp³-hybridized carbons (Fsp3) is 0.150. The van der Waals surface area contributed by atoms with Crippen LogP contribution in [-0.2, 0) is 0 Å². The molecule has 4 aromatic rings. The molecule has 5 rings (SSSR count). The minimum atomic E-state index is -0.00760. The van der Waals surface area contributed by atoms with Crippen LogP contribution in [0.1, 0.15) is 16.6 Å². The van der Waals surface area contributed by atoms with E-state index in [9.17, 15) is 4.79 Å². The van der Waals surface area contributed by atoms with Gasteiger partial charge in [-0.1, -0.05) is 0 Å². The molecular formula is C20H16N4OS. The monoisotopic (exact) mass is 360 g/mol. The van der Waals surface area contributed by atoms with Crippen molar-refractivity contribution in [3.8, 4) is 11.3 Å². The zero-order valence-corrected chi connectivity index (χ0v) is 14.9. The molecule has 4 heterocycles. The van der Waals surface area contributed by atoms with Gasteiger partial charge in [0.15, 0.2) is 0 Å². The number of hydrogen-bond acceptors (Lipinski definition) is 5. The van der Waals surface area contributed by atoms with E-state index in [0.717, 1.165) is 42.8 Å². The van der Waals surface area contributed by atoms with Crippen LogP contribution in [-0.4, -0.2) is 28.5 Å². The van der Waals surface area contributed by atoms with Crippen molar-refractivity contribution in [1.82, 2.24) is 15.3 Å². The molecule has 0 radical (unpaired) electrons. The molecule has 0 fully saturated rings. The highest BCUT2D eigenvalue weighted by Gasteiger charge is 2.24. The van der Waals surface area contributed by atoms with Crippen LogP contribution in [0.2, 0.25) is 0 Å². The normalized spacial score (nSPS) is 16.8. The summed E-state index contributed by atoms with van der Waals surface area (Å²) in [5.74, 6) is -0.00760. The molecule has 1 aliphatic heterocycles. The topological polar surface area (TPSA) is 66.9 Å². The molecule has 1 amide bonds. The Bertz CT molecular complexity index is 1150. The third kappa shape index (κ3) is 2.34. The van der Waals surface area contributed by atoms with Gasteiger partial charge in [0.05, 0.1) is 16.9 Å². The summed E-state index contributed by atoms with van der Waals surface area (Å²) in [6.07, 6.45) is 3.57. The van der Waals surface area contributed by atoms with E-state index >= 15 is 0 Å². The summed E-state index contributed by atoms with van der Waals surface area (Å²) in [5.41, 5.74) is 3.72. The van der Waals surface area contributed by atoms with E-state index in [2.05, 4.69) is 27.8 Å². The predicted molar refractivity (Wildman–Crippen MR) is 106 cm³/mol. The van der Waals surface area contributed by atoms with Crippen LogP contribution in [0.3, 0.4) is 0 Å². The number of carbonyl (C=O) groups is 1. The molecule has 0 saturated carbocycles. The van der Waals surface area contributed by atoms with Crippen molar-refractivity contribution in [2.75, 3.05) is 11.9 Å². The number of hydrogen-bond donors (Lipinski definition) is 2. The Morgan fingerprint density at radius 2 is 2.12 bits per heavy atom. The first-order valence-corrected chi connectivity index (χ1v) is 9.34. The van der Waals surface area contributed by atoms with Crippen LogP contribution in [0.5, 0.6) is 0 Å². The molecule has 1 aliphatic rings. The maximum Gasteiger partial charge on any atom is 0.263 e. The van der Waals surface area contributed by atoms with Gasteiger partial charge in [0, 0.05) is 46.0 Å². The first-order valence-electron chi connectivity index (χ1n) is 8.52. The molecule has 128 valence electrons. The summed E-state index contributed by atoms with van der Waals surface area (Å²) in [6, 6.07) is 12.2. The lowest BCUT2D eigenvalue weighted by Crippen LogP contribution is -2.34. The number of rotatable bonds is 1. The number of benzene rings is 1. The average molecular weight is 360 g/mol. The Labute approximate surface area is 154 Å². The van der Waals surface area contributed by atoms with Crippen molar-refractivity contribution in [2.45, 2.75) is 13.0 Å². The summed E-state index contributed by atoms with van der Waals surface area (Å²) < 4.78 is 1.09. The Morgan fingerprint density at radius 3 is 2.96 bits per heavy atom. The Morgan fingerprint density at radius 1 is 1.19 bits per heavy atom. The van der Waals surface area contributed by atoms with Gasteiger partial charge in [0.25, 0.3) is 5.91 Å². The molecule has 0 unspecified atom stereocenters. The minimum Gasteiger partial charge on any atom is -0.381 e. The lowest BCUT2D eigenvalue weighted by molar-refractivity contribution is 0.0949. The van der Waals surface area contributed by atoms with Crippen molar-refractivity contribution < 1.29 is 4.79 Å². The smallest absolute Gasteiger partial charge is 0.263 e. The molecular weight excluding hydrogens is 344 g/mol. The van der Waals surface area contributed by atoms with Gasteiger partial charge in [-0.15, -0.1) is 11.3 Å². The molecule has 0 saturated heterocycles. The molecule has 0 spiro atoms. The van der Waals surface area contributed by atoms with E-state index in [1.54, 1.807) is 6.20 Å². The van der Waals surface area contributed by atoms with Crippen LogP contribution in [0, 0.1) is 0 Å². The van der Waals surface area contributed by atoms with Gasteiger partial charge >= 0.3 is 0 Å². The summed E-state index contributed by atoms with van der Waals surface area (Å²) in [7, 11) is 0.